The molecular weight excluding hydrogens is 472 g/mol. The van der Waals surface area contributed by atoms with Crippen molar-refractivity contribution in [3.8, 4) is 0 Å². The van der Waals surface area contributed by atoms with Gasteiger partial charge in [-0.05, 0) is 31.2 Å². The number of nitrogens with one attached hydrogen (secondary N) is 2. The van der Waals surface area contributed by atoms with Gasteiger partial charge in [0.25, 0.3) is 0 Å². The maximum Gasteiger partial charge on any atom is 0.240 e. The van der Waals surface area contributed by atoms with Crippen LogP contribution in [0.3, 0.4) is 0 Å². The SMILES string of the molecule is Cc1nnc(NC(=O)CSc2ccc3nnc(CCNS(=O)(=O)c4ccccc4)n3n2)s1. The smallest absolute Gasteiger partial charge is 0.240 e. The van der Waals surface area contributed by atoms with Crippen LogP contribution in [0.2, 0.25) is 0 Å². The summed E-state index contributed by atoms with van der Waals surface area (Å²) in [5.41, 5.74) is 0.532. The first-order chi connectivity index (χ1) is 15.4. The van der Waals surface area contributed by atoms with Crippen LogP contribution >= 0.6 is 23.1 Å². The fourth-order valence-corrected chi connectivity index (χ4v) is 4.99. The average Bonchev–Trinajstić information content (AvgIpc) is 3.38. The lowest BCUT2D eigenvalue weighted by atomic mass is 10.4. The summed E-state index contributed by atoms with van der Waals surface area (Å²) in [4.78, 5) is 12.3. The molecule has 0 saturated heterocycles. The summed E-state index contributed by atoms with van der Waals surface area (Å²) < 4.78 is 28.8. The molecule has 0 bridgehead atoms. The maximum absolute atomic E-state index is 12.3. The minimum Gasteiger partial charge on any atom is -0.300 e. The molecule has 0 aliphatic carbocycles. The van der Waals surface area contributed by atoms with E-state index in [1.807, 2.05) is 6.92 Å². The first-order valence-electron chi connectivity index (χ1n) is 9.39. The molecule has 166 valence electrons. The molecule has 11 nitrogen and oxygen atoms in total. The molecule has 0 atom stereocenters. The van der Waals surface area contributed by atoms with Crippen LogP contribution in [-0.2, 0) is 21.2 Å². The first kappa shape index (κ1) is 22.3. The second-order valence-corrected chi connectivity index (χ2v) is 10.4. The number of amides is 1. The fourth-order valence-electron chi connectivity index (χ4n) is 2.67. The van der Waals surface area contributed by atoms with Crippen LogP contribution in [0.15, 0.2) is 52.4 Å². The molecule has 3 heterocycles. The second kappa shape index (κ2) is 9.68. The number of thioether (sulfide) groups is 1. The Labute approximate surface area is 191 Å². The Hall–Kier alpha value is -2.94. The molecule has 2 N–H and O–H groups in total. The molecule has 14 heteroatoms. The van der Waals surface area contributed by atoms with E-state index in [2.05, 4.69) is 35.5 Å². The van der Waals surface area contributed by atoms with Gasteiger partial charge in [0.05, 0.1) is 10.6 Å². The molecule has 4 rings (SSSR count). The normalized spacial score (nSPS) is 11.7. The van der Waals surface area contributed by atoms with Gasteiger partial charge in [-0.3, -0.25) is 10.1 Å². The molecule has 1 aromatic carbocycles. The minimum absolute atomic E-state index is 0.140. The van der Waals surface area contributed by atoms with Gasteiger partial charge in [0.15, 0.2) is 11.5 Å². The third-order valence-electron chi connectivity index (χ3n) is 4.12. The molecule has 1 amide bonds. The van der Waals surface area contributed by atoms with Gasteiger partial charge in [0.1, 0.15) is 10.0 Å². The summed E-state index contributed by atoms with van der Waals surface area (Å²) in [7, 11) is -3.60. The number of hydrogen-bond donors (Lipinski definition) is 2. The van der Waals surface area contributed by atoms with Crippen LogP contribution in [0.25, 0.3) is 5.65 Å². The van der Waals surface area contributed by atoms with E-state index in [1.54, 1.807) is 34.8 Å². The summed E-state index contributed by atoms with van der Waals surface area (Å²) in [6, 6.07) is 11.6. The van der Waals surface area contributed by atoms with E-state index in [1.165, 1.54) is 35.2 Å². The zero-order valence-corrected chi connectivity index (χ0v) is 19.2. The molecule has 0 fully saturated rings. The topological polar surface area (TPSA) is 144 Å². The van der Waals surface area contributed by atoms with Gasteiger partial charge in [-0.15, -0.1) is 20.4 Å². The molecule has 0 unspecified atom stereocenters. The Kier molecular flexibility index (Phi) is 6.74. The summed E-state index contributed by atoms with van der Waals surface area (Å²) in [6.45, 7) is 1.95. The van der Waals surface area contributed by atoms with E-state index >= 15 is 0 Å². The zero-order chi connectivity index (χ0) is 22.6. The number of fused-ring (bicyclic) bond motifs is 1. The molecule has 0 spiro atoms. The van der Waals surface area contributed by atoms with Crippen LogP contribution in [-0.4, -0.2) is 56.6 Å². The highest BCUT2D eigenvalue weighted by Crippen LogP contribution is 2.18. The number of rotatable bonds is 9. The van der Waals surface area contributed by atoms with E-state index < -0.39 is 10.0 Å². The Morgan fingerprint density at radius 3 is 2.66 bits per heavy atom. The number of anilines is 1. The molecule has 4 aromatic rings. The predicted molar refractivity (Wildman–Crippen MR) is 120 cm³/mol. The molecule has 32 heavy (non-hydrogen) atoms. The van der Waals surface area contributed by atoms with Crippen LogP contribution in [0.4, 0.5) is 5.13 Å². The number of nitrogens with zero attached hydrogens (tertiary/aromatic N) is 6. The highest BCUT2D eigenvalue weighted by molar-refractivity contribution is 7.99. The van der Waals surface area contributed by atoms with E-state index in [-0.39, 0.29) is 23.1 Å². The summed E-state index contributed by atoms with van der Waals surface area (Å²) in [5.74, 6) is 0.435. The number of aryl methyl sites for hydroxylation is 1. The Balaban J connectivity index is 1.36. The standard InChI is InChI=1S/C18H18N8O3S3/c1-12-21-24-18(31-12)20-16(27)11-30-17-8-7-14-22-23-15(26(14)25-17)9-10-19-32(28,29)13-5-3-2-4-6-13/h2-8,19H,9-11H2,1H3,(H,20,24,27). The van der Waals surface area contributed by atoms with Crippen molar-refractivity contribution in [1.29, 1.82) is 0 Å². The molecule has 0 saturated carbocycles. The average molecular weight is 491 g/mol. The van der Waals surface area contributed by atoms with Crippen molar-refractivity contribution < 1.29 is 13.2 Å². The third-order valence-corrected chi connectivity index (χ3v) is 7.27. The molecule has 0 radical (unpaired) electrons. The first-order valence-corrected chi connectivity index (χ1v) is 12.7. The van der Waals surface area contributed by atoms with Crippen molar-refractivity contribution in [2.24, 2.45) is 0 Å². The van der Waals surface area contributed by atoms with Crippen molar-refractivity contribution in [3.05, 3.63) is 53.3 Å². The zero-order valence-electron chi connectivity index (χ0n) is 16.8. The lowest BCUT2D eigenvalue weighted by Gasteiger charge is -2.06. The van der Waals surface area contributed by atoms with Crippen molar-refractivity contribution in [2.75, 3.05) is 17.6 Å². The van der Waals surface area contributed by atoms with Gasteiger partial charge in [0.2, 0.25) is 21.1 Å². The monoisotopic (exact) mass is 490 g/mol. The van der Waals surface area contributed by atoms with Crippen molar-refractivity contribution in [1.82, 2.24) is 34.7 Å². The fraction of sp³-hybridized carbons (Fsp3) is 0.222. The van der Waals surface area contributed by atoms with Crippen LogP contribution in [0.1, 0.15) is 10.8 Å². The summed E-state index contributed by atoms with van der Waals surface area (Å²) >= 11 is 2.55. The lowest BCUT2D eigenvalue weighted by Crippen LogP contribution is -2.26. The van der Waals surface area contributed by atoms with E-state index in [0.29, 0.717) is 28.0 Å². The van der Waals surface area contributed by atoms with Gasteiger partial charge in [-0.1, -0.05) is 41.3 Å². The molecule has 0 aliphatic rings. The Morgan fingerprint density at radius 2 is 1.91 bits per heavy atom. The number of hydrogen-bond acceptors (Lipinski definition) is 10. The van der Waals surface area contributed by atoms with Gasteiger partial charge in [-0.2, -0.15) is 9.61 Å². The van der Waals surface area contributed by atoms with Gasteiger partial charge < -0.3 is 0 Å². The summed E-state index contributed by atoms with van der Waals surface area (Å²) in [6.07, 6.45) is 0.297. The minimum atomic E-state index is -3.60. The number of benzene rings is 1. The highest BCUT2D eigenvalue weighted by atomic mass is 32.2. The van der Waals surface area contributed by atoms with Crippen molar-refractivity contribution >= 4 is 49.8 Å². The van der Waals surface area contributed by atoms with E-state index in [0.717, 1.165) is 5.01 Å². The number of sulfonamides is 1. The quantitative estimate of drug-likeness (QED) is 0.334. The second-order valence-electron chi connectivity index (χ2n) is 6.48. The van der Waals surface area contributed by atoms with Crippen molar-refractivity contribution in [3.63, 3.8) is 0 Å². The molecule has 3 aromatic heterocycles. The van der Waals surface area contributed by atoms with E-state index in [4.69, 9.17) is 0 Å². The Morgan fingerprint density at radius 1 is 1.09 bits per heavy atom. The molecule has 0 aliphatic heterocycles. The van der Waals surface area contributed by atoms with Gasteiger partial charge >= 0.3 is 0 Å². The van der Waals surface area contributed by atoms with Crippen LogP contribution < -0.4 is 10.0 Å². The summed E-state index contributed by atoms with van der Waals surface area (Å²) in [5, 5.41) is 24.9. The lowest BCUT2D eigenvalue weighted by molar-refractivity contribution is -0.113. The predicted octanol–water partition coefficient (Wildman–Crippen LogP) is 1.54. The van der Waals surface area contributed by atoms with Crippen LogP contribution in [0.5, 0.6) is 0 Å². The Bertz CT molecular complexity index is 1340. The maximum atomic E-state index is 12.3. The molecular formula is C18H18N8O3S3. The number of carbonyl (C=O) groups is 1. The van der Waals surface area contributed by atoms with E-state index in [9.17, 15) is 13.2 Å². The van der Waals surface area contributed by atoms with Crippen molar-refractivity contribution in [2.45, 2.75) is 23.3 Å². The number of aromatic nitrogens is 6. The van der Waals surface area contributed by atoms with Gasteiger partial charge in [0, 0.05) is 13.0 Å². The van der Waals surface area contributed by atoms with Crippen LogP contribution in [0, 0.1) is 6.92 Å². The third kappa shape index (κ3) is 5.45. The largest absolute Gasteiger partial charge is 0.300 e. The number of carbonyl (C=O) groups excluding carboxylic acids is 1. The highest BCUT2D eigenvalue weighted by Gasteiger charge is 2.15. The van der Waals surface area contributed by atoms with Gasteiger partial charge in [-0.25, -0.2) is 13.1 Å².